The molecule has 0 bridgehead atoms. The summed E-state index contributed by atoms with van der Waals surface area (Å²) in [5.41, 5.74) is 3.90. The minimum absolute atomic E-state index is 0.173. The molecule has 0 aliphatic rings. The predicted octanol–water partition coefficient (Wildman–Crippen LogP) is 4.64. The Kier molecular flexibility index (Phi) is 5.17. The lowest BCUT2D eigenvalue weighted by Crippen LogP contribution is -2.14. The van der Waals surface area contributed by atoms with Crippen LogP contribution >= 0.6 is 11.6 Å². The molecule has 4 aromatic rings. The van der Waals surface area contributed by atoms with Gasteiger partial charge in [-0.3, -0.25) is 0 Å². The maximum Gasteiger partial charge on any atom is 0.332 e. The molecule has 0 radical (unpaired) electrons. The van der Waals surface area contributed by atoms with E-state index in [-0.39, 0.29) is 11.6 Å². The van der Waals surface area contributed by atoms with E-state index in [1.807, 2.05) is 67.6 Å². The smallest absolute Gasteiger partial charge is 0.332 e. The molecule has 0 spiro atoms. The first kappa shape index (κ1) is 18.3. The van der Waals surface area contributed by atoms with Gasteiger partial charge in [-0.25, -0.2) is 14.3 Å². The van der Waals surface area contributed by atoms with Crippen molar-refractivity contribution >= 4 is 22.8 Å². The molecule has 0 aliphatic carbocycles. The summed E-state index contributed by atoms with van der Waals surface area (Å²) in [7, 11) is 0. The summed E-state index contributed by atoms with van der Waals surface area (Å²) >= 11 is 5.93. The van der Waals surface area contributed by atoms with Crippen LogP contribution in [0.5, 0.6) is 5.75 Å². The molecule has 0 saturated carbocycles. The molecular weight excluding hydrogens is 374 g/mol. The van der Waals surface area contributed by atoms with Gasteiger partial charge in [-0.05, 0) is 47.4 Å². The van der Waals surface area contributed by atoms with Crippen LogP contribution in [0.4, 0.5) is 0 Å². The maximum atomic E-state index is 12.5. The van der Waals surface area contributed by atoms with Gasteiger partial charge in [0.2, 0.25) is 0 Å². The molecule has 2 aromatic carbocycles. The Bertz CT molecular complexity index is 1130. The summed E-state index contributed by atoms with van der Waals surface area (Å²) in [5, 5.41) is 0. The van der Waals surface area contributed by atoms with Crippen molar-refractivity contribution in [3.05, 3.63) is 88.5 Å². The van der Waals surface area contributed by atoms with Gasteiger partial charge in [0, 0.05) is 12.1 Å². The minimum atomic E-state index is -0.226. The highest BCUT2D eigenvalue weighted by Gasteiger charge is 2.13. The number of rotatable bonds is 6. The van der Waals surface area contributed by atoms with Crippen molar-refractivity contribution in [3.63, 3.8) is 0 Å². The zero-order valence-electron chi connectivity index (χ0n) is 15.4. The number of alkyl halides is 1. The van der Waals surface area contributed by atoms with Crippen molar-refractivity contribution < 1.29 is 4.74 Å². The van der Waals surface area contributed by atoms with Crippen LogP contribution in [0.2, 0.25) is 0 Å². The van der Waals surface area contributed by atoms with Crippen LogP contribution in [0.15, 0.2) is 71.7 Å². The Morgan fingerprint density at radius 3 is 2.61 bits per heavy atom. The molecular formula is C22H20ClN3O2. The van der Waals surface area contributed by atoms with Gasteiger partial charge >= 0.3 is 5.69 Å². The van der Waals surface area contributed by atoms with E-state index in [2.05, 4.69) is 9.97 Å². The zero-order valence-corrected chi connectivity index (χ0v) is 16.2. The van der Waals surface area contributed by atoms with Crippen LogP contribution in [0, 0.1) is 0 Å². The van der Waals surface area contributed by atoms with Crippen LogP contribution in [-0.2, 0) is 6.61 Å². The molecule has 142 valence electrons. The number of aromatic nitrogens is 3. The first-order valence-electron chi connectivity index (χ1n) is 9.09. The van der Waals surface area contributed by atoms with Crippen molar-refractivity contribution in [2.24, 2.45) is 0 Å². The average molecular weight is 394 g/mol. The van der Waals surface area contributed by atoms with E-state index in [9.17, 15) is 4.79 Å². The van der Waals surface area contributed by atoms with Crippen molar-refractivity contribution in [1.29, 1.82) is 0 Å². The molecule has 2 heterocycles. The van der Waals surface area contributed by atoms with Gasteiger partial charge in [-0.15, -0.1) is 11.6 Å². The third-order valence-electron chi connectivity index (χ3n) is 4.69. The highest BCUT2D eigenvalue weighted by atomic mass is 35.5. The van der Waals surface area contributed by atoms with Crippen LogP contribution in [0.25, 0.3) is 16.9 Å². The summed E-state index contributed by atoms with van der Waals surface area (Å²) in [6.07, 6.45) is 1.77. The Morgan fingerprint density at radius 2 is 1.89 bits per heavy atom. The number of aromatic amines is 1. The number of H-pyrrole nitrogens is 1. The van der Waals surface area contributed by atoms with E-state index < -0.39 is 0 Å². The Morgan fingerprint density at radius 1 is 1.14 bits per heavy atom. The lowest BCUT2D eigenvalue weighted by molar-refractivity contribution is 0.306. The number of halogens is 1. The number of benzene rings is 2. The highest BCUT2D eigenvalue weighted by molar-refractivity contribution is 6.18. The highest BCUT2D eigenvalue weighted by Crippen LogP contribution is 2.22. The first-order chi connectivity index (χ1) is 13.7. The molecule has 0 aliphatic heterocycles. The lowest BCUT2D eigenvalue weighted by atomic mass is 10.1. The topological polar surface area (TPSA) is 59.9 Å². The third-order valence-corrected chi connectivity index (χ3v) is 5.15. The molecule has 5 nitrogen and oxygen atoms in total. The second kappa shape index (κ2) is 7.90. The zero-order chi connectivity index (χ0) is 19.5. The van der Waals surface area contributed by atoms with Crippen LogP contribution in [-0.4, -0.2) is 20.4 Å². The Labute approximate surface area is 167 Å². The van der Waals surface area contributed by atoms with Gasteiger partial charge in [0.05, 0.1) is 11.2 Å². The summed E-state index contributed by atoms with van der Waals surface area (Å²) < 4.78 is 7.37. The number of ether oxygens (including phenoxy) is 1. The molecule has 2 aromatic heterocycles. The monoisotopic (exact) mass is 393 g/mol. The van der Waals surface area contributed by atoms with E-state index in [4.69, 9.17) is 16.3 Å². The largest absolute Gasteiger partial charge is 0.489 e. The lowest BCUT2D eigenvalue weighted by Gasteiger charge is -2.09. The fourth-order valence-corrected chi connectivity index (χ4v) is 3.22. The number of hydrogen-bond donors (Lipinski definition) is 1. The van der Waals surface area contributed by atoms with E-state index in [0.29, 0.717) is 23.7 Å². The molecule has 0 saturated heterocycles. The fraction of sp³-hybridized carbons (Fsp3) is 0.182. The average Bonchev–Trinajstić information content (AvgIpc) is 3.07. The standard InChI is InChI=1S/C22H20ClN3O2/c1-15(12-23)17-11-20-21(24-13-17)26(22(27)25-20)18-7-9-19(10-8-18)28-14-16-5-3-2-4-6-16/h2-11,13,15H,12,14H2,1H3,(H,25,27). The van der Waals surface area contributed by atoms with Crippen molar-refractivity contribution in [2.75, 3.05) is 5.88 Å². The van der Waals surface area contributed by atoms with Crippen LogP contribution < -0.4 is 10.4 Å². The molecule has 6 heteroatoms. The van der Waals surface area contributed by atoms with Crippen molar-refractivity contribution in [1.82, 2.24) is 14.5 Å². The van der Waals surface area contributed by atoms with Crippen molar-refractivity contribution in [3.8, 4) is 11.4 Å². The van der Waals surface area contributed by atoms with E-state index in [1.54, 1.807) is 10.8 Å². The van der Waals surface area contributed by atoms with E-state index >= 15 is 0 Å². The number of nitrogens with one attached hydrogen (secondary N) is 1. The fourth-order valence-electron chi connectivity index (χ4n) is 3.04. The first-order valence-corrected chi connectivity index (χ1v) is 9.63. The van der Waals surface area contributed by atoms with E-state index in [1.165, 1.54) is 0 Å². The summed E-state index contributed by atoms with van der Waals surface area (Å²) in [5.74, 6) is 1.42. The van der Waals surface area contributed by atoms with Gasteiger partial charge < -0.3 is 9.72 Å². The normalized spacial score (nSPS) is 12.2. The molecule has 4 rings (SSSR count). The second-order valence-electron chi connectivity index (χ2n) is 6.73. The SMILES string of the molecule is CC(CCl)c1cnc2c(c1)[nH]c(=O)n2-c1ccc(OCc2ccccc2)cc1. The third kappa shape index (κ3) is 3.66. The summed E-state index contributed by atoms with van der Waals surface area (Å²) in [4.78, 5) is 19.9. The molecule has 0 fully saturated rings. The number of pyridine rings is 1. The predicted molar refractivity (Wildman–Crippen MR) is 112 cm³/mol. The Hall–Kier alpha value is -3.05. The number of hydrogen-bond acceptors (Lipinski definition) is 3. The second-order valence-corrected chi connectivity index (χ2v) is 7.04. The summed E-state index contributed by atoms with van der Waals surface area (Å²) in [6, 6.07) is 19.3. The van der Waals surface area contributed by atoms with Gasteiger partial charge in [-0.2, -0.15) is 0 Å². The van der Waals surface area contributed by atoms with Gasteiger partial charge in [0.25, 0.3) is 0 Å². The van der Waals surface area contributed by atoms with Crippen molar-refractivity contribution in [2.45, 2.75) is 19.4 Å². The summed E-state index contributed by atoms with van der Waals surface area (Å²) in [6.45, 7) is 2.52. The quantitative estimate of drug-likeness (QED) is 0.485. The van der Waals surface area contributed by atoms with E-state index in [0.717, 1.165) is 22.6 Å². The van der Waals surface area contributed by atoms with Crippen LogP contribution in [0.3, 0.4) is 0 Å². The van der Waals surface area contributed by atoms with Gasteiger partial charge in [0.1, 0.15) is 12.4 Å². The minimum Gasteiger partial charge on any atom is -0.489 e. The maximum absolute atomic E-state index is 12.5. The molecule has 1 N–H and O–H groups in total. The molecule has 28 heavy (non-hydrogen) atoms. The Balaban J connectivity index is 1.59. The van der Waals surface area contributed by atoms with Gasteiger partial charge in [-0.1, -0.05) is 37.3 Å². The van der Waals surface area contributed by atoms with Crippen LogP contribution in [0.1, 0.15) is 24.0 Å². The molecule has 0 amide bonds. The molecule has 1 atom stereocenters. The van der Waals surface area contributed by atoms with Gasteiger partial charge in [0.15, 0.2) is 5.65 Å². The molecule has 1 unspecified atom stereocenters. The number of nitrogens with zero attached hydrogens (tertiary/aromatic N) is 2. The number of fused-ring (bicyclic) bond motifs is 1. The number of imidazole rings is 1.